The van der Waals surface area contributed by atoms with Crippen LogP contribution < -0.4 is 0 Å². The molecule has 1 amide bonds. The number of carbonyl (C=O) groups is 2. The minimum atomic E-state index is -0.683. The SMILES string of the molecule is O=C(/C=C/c1ccco1)C1=C(O)C(=O)N(CCCn2ccnc2)C1c1ccncc1. The molecule has 1 aliphatic rings. The molecule has 0 saturated heterocycles. The van der Waals surface area contributed by atoms with Crippen LogP contribution in [0.1, 0.15) is 23.8 Å². The average molecular weight is 404 g/mol. The quantitative estimate of drug-likeness (QED) is 0.579. The first kappa shape index (κ1) is 19.4. The second-order valence-electron chi connectivity index (χ2n) is 6.81. The topological polar surface area (TPSA) is 101 Å². The summed E-state index contributed by atoms with van der Waals surface area (Å²) in [5, 5.41) is 10.5. The zero-order valence-corrected chi connectivity index (χ0v) is 16.1. The third-order valence-electron chi connectivity index (χ3n) is 4.91. The molecule has 0 aliphatic carbocycles. The Morgan fingerprint density at radius 2 is 2.00 bits per heavy atom. The average Bonchev–Trinajstić information content (AvgIpc) is 3.51. The maximum atomic E-state index is 12.9. The van der Waals surface area contributed by atoms with E-state index in [1.54, 1.807) is 49.2 Å². The van der Waals surface area contributed by atoms with E-state index in [-0.39, 0.29) is 5.57 Å². The molecule has 4 heterocycles. The van der Waals surface area contributed by atoms with Crippen molar-refractivity contribution in [2.45, 2.75) is 19.0 Å². The Labute approximate surface area is 172 Å². The number of aryl methyl sites for hydroxylation is 1. The number of ketones is 1. The van der Waals surface area contributed by atoms with Crippen LogP contribution in [0.3, 0.4) is 0 Å². The Morgan fingerprint density at radius 1 is 1.17 bits per heavy atom. The van der Waals surface area contributed by atoms with Crippen LogP contribution in [0, 0.1) is 0 Å². The lowest BCUT2D eigenvalue weighted by atomic mass is 9.96. The number of nitrogens with zero attached hydrogens (tertiary/aromatic N) is 4. The maximum Gasteiger partial charge on any atom is 0.290 e. The lowest BCUT2D eigenvalue weighted by Gasteiger charge is -2.26. The van der Waals surface area contributed by atoms with Crippen LogP contribution >= 0.6 is 0 Å². The number of hydrogen-bond donors (Lipinski definition) is 1. The van der Waals surface area contributed by atoms with E-state index in [1.165, 1.54) is 23.3 Å². The van der Waals surface area contributed by atoms with E-state index in [0.29, 0.717) is 30.8 Å². The molecule has 30 heavy (non-hydrogen) atoms. The minimum absolute atomic E-state index is 0.0524. The van der Waals surface area contributed by atoms with Gasteiger partial charge in [-0.3, -0.25) is 14.6 Å². The summed E-state index contributed by atoms with van der Waals surface area (Å²) < 4.78 is 7.12. The molecule has 4 rings (SSSR count). The van der Waals surface area contributed by atoms with Gasteiger partial charge in [-0.25, -0.2) is 4.98 Å². The number of carbonyl (C=O) groups excluding carboxylic acids is 2. The van der Waals surface area contributed by atoms with Crippen LogP contribution in [0.25, 0.3) is 6.08 Å². The van der Waals surface area contributed by atoms with Crippen LogP contribution in [0.15, 0.2) is 83.5 Å². The number of amides is 1. The summed E-state index contributed by atoms with van der Waals surface area (Å²) >= 11 is 0. The molecule has 1 atom stereocenters. The summed E-state index contributed by atoms with van der Waals surface area (Å²) in [5.41, 5.74) is 0.761. The molecule has 0 aromatic carbocycles. The molecule has 3 aromatic rings. The van der Waals surface area contributed by atoms with Crippen molar-refractivity contribution in [2.75, 3.05) is 6.54 Å². The first-order valence-electron chi connectivity index (χ1n) is 9.51. The summed E-state index contributed by atoms with van der Waals surface area (Å²) in [4.78, 5) is 35.3. The van der Waals surface area contributed by atoms with Crippen LogP contribution in [0.5, 0.6) is 0 Å². The van der Waals surface area contributed by atoms with Crippen molar-refractivity contribution in [2.24, 2.45) is 0 Å². The van der Waals surface area contributed by atoms with Gasteiger partial charge in [0.2, 0.25) is 0 Å². The molecule has 1 aliphatic heterocycles. The van der Waals surface area contributed by atoms with Gasteiger partial charge in [0.25, 0.3) is 5.91 Å². The fraction of sp³-hybridized carbons (Fsp3) is 0.182. The largest absolute Gasteiger partial charge is 0.503 e. The number of pyridine rings is 1. The van der Waals surface area contributed by atoms with E-state index in [0.717, 1.165) is 0 Å². The van der Waals surface area contributed by atoms with E-state index in [2.05, 4.69) is 9.97 Å². The number of imidazole rings is 1. The molecule has 0 radical (unpaired) electrons. The molecular weight excluding hydrogens is 384 g/mol. The fourth-order valence-corrected chi connectivity index (χ4v) is 3.50. The Morgan fingerprint density at radius 3 is 2.70 bits per heavy atom. The Balaban J connectivity index is 1.59. The molecule has 0 spiro atoms. The highest BCUT2D eigenvalue weighted by atomic mass is 16.3. The number of allylic oxidation sites excluding steroid dienone is 1. The van der Waals surface area contributed by atoms with Crippen molar-refractivity contribution < 1.29 is 19.1 Å². The van der Waals surface area contributed by atoms with E-state index in [4.69, 9.17) is 4.42 Å². The smallest absolute Gasteiger partial charge is 0.290 e. The second kappa shape index (κ2) is 8.60. The maximum absolute atomic E-state index is 12.9. The second-order valence-corrected chi connectivity index (χ2v) is 6.81. The first-order chi connectivity index (χ1) is 14.6. The van der Waals surface area contributed by atoms with Gasteiger partial charge < -0.3 is 19.0 Å². The molecule has 8 nitrogen and oxygen atoms in total. The molecule has 152 valence electrons. The van der Waals surface area contributed by atoms with Gasteiger partial charge in [-0.1, -0.05) is 0 Å². The van der Waals surface area contributed by atoms with Crippen LogP contribution in [-0.4, -0.2) is 42.8 Å². The Bertz CT molecular complexity index is 1070. The van der Waals surface area contributed by atoms with Gasteiger partial charge in [0, 0.05) is 37.9 Å². The number of rotatable bonds is 8. The predicted molar refractivity (Wildman–Crippen MR) is 108 cm³/mol. The van der Waals surface area contributed by atoms with Crippen molar-refractivity contribution in [3.8, 4) is 0 Å². The van der Waals surface area contributed by atoms with Gasteiger partial charge in [-0.05, 0) is 48.4 Å². The van der Waals surface area contributed by atoms with Crippen molar-refractivity contribution >= 4 is 17.8 Å². The lowest BCUT2D eigenvalue weighted by Crippen LogP contribution is -2.32. The monoisotopic (exact) mass is 404 g/mol. The van der Waals surface area contributed by atoms with Crippen molar-refractivity contribution in [1.29, 1.82) is 0 Å². The summed E-state index contributed by atoms with van der Waals surface area (Å²) in [5.74, 6) is -1.02. The van der Waals surface area contributed by atoms with Gasteiger partial charge in [0.1, 0.15) is 5.76 Å². The van der Waals surface area contributed by atoms with Crippen molar-refractivity contribution in [3.05, 3.63) is 90.4 Å². The Kier molecular flexibility index (Phi) is 5.56. The van der Waals surface area contributed by atoms with E-state index < -0.39 is 23.5 Å². The van der Waals surface area contributed by atoms with E-state index in [1.807, 2.05) is 10.8 Å². The zero-order chi connectivity index (χ0) is 20.9. The highest BCUT2D eigenvalue weighted by Gasteiger charge is 2.42. The van der Waals surface area contributed by atoms with Crippen LogP contribution in [0.4, 0.5) is 0 Å². The number of furan rings is 1. The number of aromatic nitrogens is 3. The summed E-state index contributed by atoms with van der Waals surface area (Å²) in [7, 11) is 0. The third-order valence-corrected chi connectivity index (χ3v) is 4.91. The fourth-order valence-electron chi connectivity index (χ4n) is 3.50. The summed E-state index contributed by atoms with van der Waals surface area (Å²) in [6.45, 7) is 1.03. The number of hydrogen-bond acceptors (Lipinski definition) is 6. The van der Waals surface area contributed by atoms with Gasteiger partial charge in [-0.15, -0.1) is 0 Å². The van der Waals surface area contributed by atoms with Crippen molar-refractivity contribution in [1.82, 2.24) is 19.4 Å². The van der Waals surface area contributed by atoms with Gasteiger partial charge >= 0.3 is 0 Å². The first-order valence-corrected chi connectivity index (χ1v) is 9.51. The molecule has 8 heteroatoms. The molecule has 0 fully saturated rings. The lowest BCUT2D eigenvalue weighted by molar-refractivity contribution is -0.129. The standard InChI is InChI=1S/C22H20N4O4/c27-18(5-4-17-3-1-14-30-17)19-20(16-6-8-23-9-7-16)26(22(29)21(19)28)12-2-11-25-13-10-24-15-25/h1,3-10,13-15,20,28H,2,11-12H2/b5-4+. The van der Waals surface area contributed by atoms with E-state index >= 15 is 0 Å². The molecule has 1 unspecified atom stereocenters. The minimum Gasteiger partial charge on any atom is -0.503 e. The number of aliphatic hydroxyl groups is 1. The normalized spacial score (nSPS) is 16.7. The predicted octanol–water partition coefficient (Wildman–Crippen LogP) is 2.94. The zero-order valence-electron chi connectivity index (χ0n) is 16.1. The number of aliphatic hydroxyl groups excluding tert-OH is 1. The third kappa shape index (κ3) is 3.93. The molecule has 0 saturated carbocycles. The van der Waals surface area contributed by atoms with Gasteiger partial charge in [0.15, 0.2) is 11.5 Å². The highest BCUT2D eigenvalue weighted by Crippen LogP contribution is 2.37. The van der Waals surface area contributed by atoms with Crippen LogP contribution in [0.2, 0.25) is 0 Å². The Hall–Kier alpha value is -3.94. The van der Waals surface area contributed by atoms with Crippen molar-refractivity contribution in [3.63, 3.8) is 0 Å². The van der Waals surface area contributed by atoms with Gasteiger partial charge in [0.05, 0.1) is 24.2 Å². The highest BCUT2D eigenvalue weighted by molar-refractivity contribution is 6.14. The van der Waals surface area contributed by atoms with Gasteiger partial charge in [-0.2, -0.15) is 0 Å². The molecular formula is C22H20N4O4. The summed E-state index contributed by atoms with van der Waals surface area (Å²) in [6.07, 6.45) is 13.4. The van der Waals surface area contributed by atoms with Crippen LogP contribution in [-0.2, 0) is 16.1 Å². The molecule has 0 bridgehead atoms. The van der Waals surface area contributed by atoms with E-state index in [9.17, 15) is 14.7 Å². The summed E-state index contributed by atoms with van der Waals surface area (Å²) in [6, 6.07) is 6.21. The molecule has 3 aromatic heterocycles. The molecule has 1 N–H and O–H groups in total.